The quantitative estimate of drug-likeness (QED) is 0.0267. The zero-order valence-electron chi connectivity index (χ0n) is 36.0. The first-order chi connectivity index (χ1) is 27.8. The number of unbranched alkanes of at least 4 members (excludes halogenated alkanes) is 16. The maximum Gasteiger partial charge on any atom is 0.472 e. The van der Waals surface area contributed by atoms with Gasteiger partial charge in [-0.1, -0.05) is 151 Å². The summed E-state index contributed by atoms with van der Waals surface area (Å²) in [5.74, 6) is -0.878. The summed E-state index contributed by atoms with van der Waals surface area (Å²) in [6.45, 7) is 3.62. The number of ether oxygens (including phenoxy) is 2. The highest BCUT2D eigenvalue weighted by Crippen LogP contribution is 2.43. The highest BCUT2D eigenvalue weighted by molar-refractivity contribution is 7.47. The predicted molar refractivity (Wildman–Crippen MR) is 238 cm³/mol. The Kier molecular flexibility index (Phi) is 41.1. The monoisotopic (exact) mass is 820 g/mol. The number of carbonyl (C=O) groups is 2. The lowest BCUT2D eigenvalue weighted by molar-refractivity contribution is -0.161. The van der Waals surface area contributed by atoms with Gasteiger partial charge in [0.25, 0.3) is 0 Å². The number of phosphoric acid groups is 1. The molecule has 0 bridgehead atoms. The number of allylic oxidation sites excluding steroid dienone is 12. The van der Waals surface area contributed by atoms with Crippen LogP contribution in [0.15, 0.2) is 72.9 Å². The van der Waals surface area contributed by atoms with E-state index in [0.29, 0.717) is 12.8 Å². The van der Waals surface area contributed by atoms with Crippen molar-refractivity contribution in [2.45, 2.75) is 187 Å². The van der Waals surface area contributed by atoms with Crippen LogP contribution < -0.4 is 5.73 Å². The van der Waals surface area contributed by atoms with Crippen LogP contribution in [0.4, 0.5) is 0 Å². The maximum absolute atomic E-state index is 12.6. The lowest BCUT2D eigenvalue weighted by atomic mass is 10.1. The minimum atomic E-state index is -4.39. The molecule has 57 heavy (non-hydrogen) atoms. The van der Waals surface area contributed by atoms with Crippen LogP contribution in [0, 0.1) is 0 Å². The standard InChI is InChI=1S/C47H82NO8P/c1-3-5-7-9-11-13-15-17-19-21-22-24-25-27-29-31-33-35-37-39-46(49)53-43-45(44-55-57(51,52)54-42-41-48)56-47(50)40-38-36-34-32-30-28-26-23-20-18-16-14-12-10-8-6-4-2/h11-14,17-20,22,24,27,29,45H,3-10,15-16,21,23,25-26,28,30-44,48H2,1-2H3,(H,51,52). The van der Waals surface area contributed by atoms with Crippen LogP contribution in [0.25, 0.3) is 0 Å². The van der Waals surface area contributed by atoms with E-state index < -0.39 is 32.5 Å². The van der Waals surface area contributed by atoms with Crippen LogP contribution in [-0.4, -0.2) is 49.3 Å². The molecule has 0 aliphatic rings. The van der Waals surface area contributed by atoms with Crippen molar-refractivity contribution in [2.24, 2.45) is 5.73 Å². The number of esters is 2. The van der Waals surface area contributed by atoms with Crippen LogP contribution >= 0.6 is 7.82 Å². The molecule has 0 aromatic carbocycles. The van der Waals surface area contributed by atoms with Crippen LogP contribution in [0.5, 0.6) is 0 Å². The Balaban J connectivity index is 4.23. The molecule has 0 radical (unpaired) electrons. The first kappa shape index (κ1) is 54.5. The molecule has 0 saturated carbocycles. The van der Waals surface area contributed by atoms with Gasteiger partial charge in [-0.3, -0.25) is 18.6 Å². The van der Waals surface area contributed by atoms with E-state index in [2.05, 4.69) is 86.8 Å². The Morgan fingerprint density at radius 1 is 0.526 bits per heavy atom. The Morgan fingerprint density at radius 3 is 1.37 bits per heavy atom. The minimum Gasteiger partial charge on any atom is -0.462 e. The van der Waals surface area contributed by atoms with Gasteiger partial charge in [-0.05, 0) is 89.9 Å². The van der Waals surface area contributed by atoms with E-state index in [9.17, 15) is 19.0 Å². The van der Waals surface area contributed by atoms with Crippen molar-refractivity contribution in [3.63, 3.8) is 0 Å². The van der Waals surface area contributed by atoms with Crippen molar-refractivity contribution in [1.82, 2.24) is 0 Å². The molecule has 0 amide bonds. The zero-order valence-corrected chi connectivity index (χ0v) is 36.9. The number of phosphoric ester groups is 1. The van der Waals surface area contributed by atoms with Crippen molar-refractivity contribution in [1.29, 1.82) is 0 Å². The van der Waals surface area contributed by atoms with E-state index >= 15 is 0 Å². The molecule has 0 aromatic heterocycles. The minimum absolute atomic E-state index is 0.0439. The number of hydrogen-bond donors (Lipinski definition) is 2. The van der Waals surface area contributed by atoms with Gasteiger partial charge in [0, 0.05) is 19.4 Å². The van der Waals surface area contributed by atoms with Gasteiger partial charge in [0.05, 0.1) is 13.2 Å². The van der Waals surface area contributed by atoms with Gasteiger partial charge >= 0.3 is 19.8 Å². The second-order valence-electron chi connectivity index (χ2n) is 14.6. The summed E-state index contributed by atoms with van der Waals surface area (Å²) in [5.41, 5.74) is 5.35. The Morgan fingerprint density at radius 2 is 0.912 bits per heavy atom. The Bertz CT molecular complexity index is 1160. The predicted octanol–water partition coefficient (Wildman–Crippen LogP) is 13.1. The first-order valence-electron chi connectivity index (χ1n) is 22.4. The molecular formula is C47H82NO8P. The third-order valence-corrected chi connectivity index (χ3v) is 10.0. The molecule has 0 rings (SSSR count). The molecule has 2 atom stereocenters. The van der Waals surface area contributed by atoms with Gasteiger partial charge in [-0.2, -0.15) is 0 Å². The topological polar surface area (TPSA) is 134 Å². The highest BCUT2D eigenvalue weighted by Gasteiger charge is 2.26. The molecule has 0 spiro atoms. The SMILES string of the molecule is CCCCCC=CCC=CCC=CCC=CCCCCCC(=O)OCC(COP(=O)(O)OCCN)OC(=O)CCCCCCCCCC=CCC=CCCCCC. The summed E-state index contributed by atoms with van der Waals surface area (Å²) in [7, 11) is -4.39. The second kappa shape index (κ2) is 43.0. The molecule has 9 nitrogen and oxygen atoms in total. The molecule has 328 valence electrons. The second-order valence-corrected chi connectivity index (χ2v) is 16.0. The lowest BCUT2D eigenvalue weighted by Crippen LogP contribution is -2.29. The third kappa shape index (κ3) is 42.9. The summed E-state index contributed by atoms with van der Waals surface area (Å²) in [4.78, 5) is 34.9. The normalized spacial score (nSPS) is 14.0. The Labute approximate surface area is 348 Å². The van der Waals surface area contributed by atoms with E-state index in [0.717, 1.165) is 70.6 Å². The highest BCUT2D eigenvalue weighted by atomic mass is 31.2. The fraction of sp³-hybridized carbons (Fsp3) is 0.702. The molecule has 0 fully saturated rings. The van der Waals surface area contributed by atoms with Crippen LogP contribution in [0.2, 0.25) is 0 Å². The van der Waals surface area contributed by atoms with E-state index in [1.165, 1.54) is 70.6 Å². The number of rotatable bonds is 41. The van der Waals surface area contributed by atoms with Crippen molar-refractivity contribution in [2.75, 3.05) is 26.4 Å². The van der Waals surface area contributed by atoms with Crippen molar-refractivity contribution in [3.8, 4) is 0 Å². The molecule has 2 unspecified atom stereocenters. The van der Waals surface area contributed by atoms with Crippen LogP contribution in [0.1, 0.15) is 181 Å². The number of hydrogen-bond acceptors (Lipinski definition) is 8. The maximum atomic E-state index is 12.6. The van der Waals surface area contributed by atoms with Crippen LogP contribution in [0.3, 0.4) is 0 Å². The fourth-order valence-corrected chi connectivity index (χ4v) is 6.47. The van der Waals surface area contributed by atoms with Crippen LogP contribution in [-0.2, 0) is 32.7 Å². The summed E-state index contributed by atoms with van der Waals surface area (Å²) >= 11 is 0. The van der Waals surface area contributed by atoms with E-state index in [1.54, 1.807) is 0 Å². The molecule has 0 aromatic rings. The first-order valence-corrected chi connectivity index (χ1v) is 23.9. The van der Waals surface area contributed by atoms with E-state index in [4.69, 9.17) is 24.3 Å². The van der Waals surface area contributed by atoms with Gasteiger partial charge in [-0.15, -0.1) is 0 Å². The lowest BCUT2D eigenvalue weighted by Gasteiger charge is -2.19. The summed E-state index contributed by atoms with van der Waals surface area (Å²) < 4.78 is 32.8. The van der Waals surface area contributed by atoms with Crippen molar-refractivity contribution in [3.05, 3.63) is 72.9 Å². The smallest absolute Gasteiger partial charge is 0.462 e. The number of carbonyl (C=O) groups excluding carboxylic acids is 2. The van der Waals surface area contributed by atoms with E-state index in [1.807, 2.05) is 0 Å². The van der Waals surface area contributed by atoms with Gasteiger partial charge in [0.15, 0.2) is 6.10 Å². The van der Waals surface area contributed by atoms with Crippen molar-refractivity contribution >= 4 is 19.8 Å². The average Bonchev–Trinajstić information content (AvgIpc) is 3.20. The molecule has 0 aliphatic heterocycles. The number of nitrogens with two attached hydrogens (primary N) is 1. The largest absolute Gasteiger partial charge is 0.472 e. The van der Waals surface area contributed by atoms with Gasteiger partial charge in [-0.25, -0.2) is 4.57 Å². The third-order valence-electron chi connectivity index (χ3n) is 9.06. The molecule has 0 heterocycles. The summed E-state index contributed by atoms with van der Waals surface area (Å²) in [6.07, 6.45) is 52.1. The van der Waals surface area contributed by atoms with Crippen molar-refractivity contribution < 1.29 is 37.6 Å². The summed E-state index contributed by atoms with van der Waals surface area (Å²) in [5, 5.41) is 0. The average molecular weight is 820 g/mol. The van der Waals surface area contributed by atoms with Gasteiger partial charge in [0.2, 0.25) is 0 Å². The molecule has 3 N–H and O–H groups in total. The summed E-state index contributed by atoms with van der Waals surface area (Å²) in [6, 6.07) is 0. The molecule has 10 heteroatoms. The Hall–Kier alpha value is -2.55. The molecule has 0 saturated heterocycles. The van der Waals surface area contributed by atoms with Gasteiger partial charge in [0.1, 0.15) is 6.61 Å². The molecular weight excluding hydrogens is 737 g/mol. The molecule has 0 aliphatic carbocycles. The van der Waals surface area contributed by atoms with E-state index in [-0.39, 0.29) is 32.6 Å². The fourth-order valence-electron chi connectivity index (χ4n) is 5.71. The van der Waals surface area contributed by atoms with Gasteiger partial charge < -0.3 is 20.1 Å². The zero-order chi connectivity index (χ0) is 41.8.